The van der Waals surface area contributed by atoms with E-state index in [0.29, 0.717) is 12.8 Å². The van der Waals surface area contributed by atoms with Crippen molar-refractivity contribution in [3.63, 3.8) is 0 Å². The minimum absolute atomic E-state index is 0.168. The molecule has 0 amide bonds. The Kier molecular flexibility index (Phi) is 37.1. The van der Waals surface area contributed by atoms with Gasteiger partial charge in [-0.25, -0.2) is 4.57 Å². The maximum Gasteiger partial charge on any atom is 0.472 e. The molecule has 0 aliphatic carbocycles. The largest absolute Gasteiger partial charge is 0.472 e. The van der Waals surface area contributed by atoms with E-state index in [9.17, 15) is 24.2 Å². The van der Waals surface area contributed by atoms with Gasteiger partial charge in [0.2, 0.25) is 0 Å². The van der Waals surface area contributed by atoms with Crippen LogP contribution in [0.4, 0.5) is 0 Å². The van der Waals surface area contributed by atoms with Gasteiger partial charge in [-0.2, -0.15) is 0 Å². The minimum Gasteiger partial charge on any atom is -0.462 e. The van der Waals surface area contributed by atoms with Crippen LogP contribution in [-0.4, -0.2) is 65.7 Å². The monoisotopic (exact) mass is 763 g/mol. The number of aliphatic hydroxyl groups excluding tert-OH is 2. The fraction of sp³-hybridized carbons (Fsp3) is 0.902. The first-order valence-electron chi connectivity index (χ1n) is 21.1. The van der Waals surface area contributed by atoms with Crippen LogP contribution in [0.1, 0.15) is 200 Å². The van der Waals surface area contributed by atoms with Gasteiger partial charge in [0.25, 0.3) is 0 Å². The molecule has 11 heteroatoms. The van der Waals surface area contributed by atoms with Gasteiger partial charge in [0, 0.05) is 12.8 Å². The molecule has 0 radical (unpaired) electrons. The van der Waals surface area contributed by atoms with Gasteiger partial charge in [0.1, 0.15) is 12.7 Å². The van der Waals surface area contributed by atoms with E-state index in [1.807, 2.05) is 0 Å². The summed E-state index contributed by atoms with van der Waals surface area (Å²) in [4.78, 5) is 34.9. The highest BCUT2D eigenvalue weighted by Gasteiger charge is 2.27. The second kappa shape index (κ2) is 38.0. The number of allylic oxidation sites excluding steroid dienone is 2. The van der Waals surface area contributed by atoms with E-state index < -0.39 is 51.8 Å². The molecule has 0 aliphatic heterocycles. The van der Waals surface area contributed by atoms with Gasteiger partial charge in [-0.05, 0) is 38.5 Å². The first-order valence-corrected chi connectivity index (χ1v) is 22.6. The van der Waals surface area contributed by atoms with Crippen LogP contribution in [0.15, 0.2) is 12.2 Å². The third-order valence-electron chi connectivity index (χ3n) is 9.17. The van der Waals surface area contributed by atoms with Crippen molar-refractivity contribution in [1.82, 2.24) is 0 Å². The van der Waals surface area contributed by atoms with E-state index in [4.69, 9.17) is 19.1 Å². The second-order valence-corrected chi connectivity index (χ2v) is 15.8. The lowest BCUT2D eigenvalue weighted by atomic mass is 10.0. The van der Waals surface area contributed by atoms with Crippen molar-refractivity contribution in [3.8, 4) is 0 Å². The van der Waals surface area contributed by atoms with Crippen molar-refractivity contribution >= 4 is 19.8 Å². The molecule has 0 bridgehead atoms. The Morgan fingerprint density at radius 1 is 0.558 bits per heavy atom. The minimum atomic E-state index is -4.61. The average Bonchev–Trinajstić information content (AvgIpc) is 3.13. The Balaban J connectivity index is 4.29. The Morgan fingerprint density at radius 2 is 0.942 bits per heavy atom. The van der Waals surface area contributed by atoms with Crippen LogP contribution >= 0.6 is 7.82 Å². The zero-order valence-electron chi connectivity index (χ0n) is 33.3. The van der Waals surface area contributed by atoms with Crippen molar-refractivity contribution < 1.29 is 47.8 Å². The normalized spacial score (nSPS) is 14.0. The highest BCUT2D eigenvalue weighted by molar-refractivity contribution is 7.47. The predicted molar refractivity (Wildman–Crippen MR) is 210 cm³/mol. The molecule has 10 nitrogen and oxygen atoms in total. The maximum atomic E-state index is 12.6. The van der Waals surface area contributed by atoms with Gasteiger partial charge >= 0.3 is 19.8 Å². The smallest absolute Gasteiger partial charge is 0.462 e. The van der Waals surface area contributed by atoms with Crippen molar-refractivity contribution in [2.24, 2.45) is 0 Å². The number of rotatable bonds is 40. The van der Waals surface area contributed by atoms with Crippen molar-refractivity contribution in [2.75, 3.05) is 26.4 Å². The molecule has 308 valence electrons. The second-order valence-electron chi connectivity index (χ2n) is 14.4. The van der Waals surface area contributed by atoms with Gasteiger partial charge in [0.15, 0.2) is 6.10 Å². The molecule has 0 saturated heterocycles. The lowest BCUT2D eigenvalue weighted by Gasteiger charge is -2.20. The molecule has 3 atom stereocenters. The van der Waals surface area contributed by atoms with Gasteiger partial charge in [0.05, 0.1) is 19.8 Å². The summed E-state index contributed by atoms with van der Waals surface area (Å²) in [5.41, 5.74) is 0. The summed E-state index contributed by atoms with van der Waals surface area (Å²) in [5.74, 6) is -0.934. The molecule has 0 aromatic heterocycles. The average molecular weight is 763 g/mol. The van der Waals surface area contributed by atoms with E-state index in [-0.39, 0.29) is 19.4 Å². The molecule has 1 unspecified atom stereocenters. The number of unbranched alkanes of at least 4 members (excludes halogenated alkanes) is 24. The third kappa shape index (κ3) is 37.0. The lowest BCUT2D eigenvalue weighted by molar-refractivity contribution is -0.161. The fourth-order valence-corrected chi connectivity index (χ4v) is 6.66. The number of aliphatic hydroxyl groups is 2. The first kappa shape index (κ1) is 50.7. The van der Waals surface area contributed by atoms with Crippen LogP contribution < -0.4 is 0 Å². The van der Waals surface area contributed by atoms with Gasteiger partial charge in [-0.3, -0.25) is 18.6 Å². The van der Waals surface area contributed by atoms with Gasteiger partial charge in [-0.1, -0.05) is 161 Å². The number of phosphoric acid groups is 1. The Labute approximate surface area is 317 Å². The molecular formula is C41H79O10P. The molecule has 0 aliphatic rings. The SMILES string of the molecule is CCCCCCCC/C=C/CCCCCC(=O)O[C@H](COC(=O)CCCCCCCCCCCCCCCCCC)COP(=O)(O)OC[C@@H](O)CO. The summed E-state index contributed by atoms with van der Waals surface area (Å²) in [6.07, 6.45) is 34.6. The number of hydrogen-bond acceptors (Lipinski definition) is 9. The molecule has 0 spiro atoms. The zero-order chi connectivity index (χ0) is 38.4. The van der Waals surface area contributed by atoms with Gasteiger partial charge in [-0.15, -0.1) is 0 Å². The summed E-state index contributed by atoms with van der Waals surface area (Å²) < 4.78 is 32.6. The molecule has 0 rings (SSSR count). The lowest BCUT2D eigenvalue weighted by Crippen LogP contribution is -2.29. The number of ether oxygens (including phenoxy) is 2. The van der Waals surface area contributed by atoms with Crippen molar-refractivity contribution in [1.29, 1.82) is 0 Å². The van der Waals surface area contributed by atoms with Crippen LogP contribution in [0, 0.1) is 0 Å². The molecule has 0 aromatic carbocycles. The third-order valence-corrected chi connectivity index (χ3v) is 10.1. The Morgan fingerprint density at radius 3 is 1.40 bits per heavy atom. The summed E-state index contributed by atoms with van der Waals surface area (Å²) in [5, 5.41) is 18.3. The molecule has 0 fully saturated rings. The molecule has 3 N–H and O–H groups in total. The van der Waals surface area contributed by atoms with Crippen molar-refractivity contribution in [3.05, 3.63) is 12.2 Å². The predicted octanol–water partition coefficient (Wildman–Crippen LogP) is 10.8. The maximum absolute atomic E-state index is 12.6. The number of hydrogen-bond donors (Lipinski definition) is 3. The van der Waals surface area contributed by atoms with Crippen molar-refractivity contribution in [2.45, 2.75) is 212 Å². The standard InChI is InChI=1S/C41H79O10P/c1-3-5-7-9-11-13-15-17-18-19-21-22-24-26-28-30-32-40(44)48-36-39(37-50-52(46,47)49-35-38(43)34-42)51-41(45)33-31-29-27-25-23-20-16-14-12-10-8-6-4-2/h20,23,38-39,42-43H,3-19,21-22,24-37H2,1-2H3,(H,46,47)/b23-20+/t38-,39+/m0/s1. The zero-order valence-corrected chi connectivity index (χ0v) is 34.2. The molecule has 0 saturated carbocycles. The molecule has 0 aromatic rings. The van der Waals surface area contributed by atoms with Crippen LogP contribution in [0.3, 0.4) is 0 Å². The fourth-order valence-electron chi connectivity index (χ4n) is 5.87. The number of carbonyl (C=O) groups is 2. The quantitative estimate of drug-likeness (QED) is 0.0238. The van der Waals surface area contributed by atoms with E-state index >= 15 is 0 Å². The number of carbonyl (C=O) groups excluding carboxylic acids is 2. The number of phosphoric ester groups is 1. The van der Waals surface area contributed by atoms with E-state index in [2.05, 4.69) is 30.5 Å². The molecule has 52 heavy (non-hydrogen) atoms. The van der Waals surface area contributed by atoms with Gasteiger partial charge < -0.3 is 24.6 Å². The van der Waals surface area contributed by atoms with Crippen LogP contribution in [-0.2, 0) is 32.7 Å². The first-order chi connectivity index (χ1) is 25.2. The summed E-state index contributed by atoms with van der Waals surface area (Å²) in [6, 6.07) is 0. The molecule has 0 heterocycles. The number of esters is 2. The van der Waals surface area contributed by atoms with Crippen LogP contribution in [0.25, 0.3) is 0 Å². The van der Waals surface area contributed by atoms with Crippen LogP contribution in [0.5, 0.6) is 0 Å². The van der Waals surface area contributed by atoms with Crippen LogP contribution in [0.2, 0.25) is 0 Å². The summed E-state index contributed by atoms with van der Waals surface area (Å²) in [6.45, 7) is 2.37. The molecular weight excluding hydrogens is 683 g/mol. The summed E-state index contributed by atoms with van der Waals surface area (Å²) in [7, 11) is -4.61. The van der Waals surface area contributed by atoms with E-state index in [0.717, 1.165) is 44.9 Å². The van der Waals surface area contributed by atoms with E-state index in [1.54, 1.807) is 0 Å². The Hall–Kier alpha value is -1.29. The van der Waals surface area contributed by atoms with E-state index in [1.165, 1.54) is 116 Å². The topological polar surface area (TPSA) is 149 Å². The Bertz CT molecular complexity index is 884. The highest BCUT2D eigenvalue weighted by Crippen LogP contribution is 2.43. The summed E-state index contributed by atoms with van der Waals surface area (Å²) >= 11 is 0. The highest BCUT2D eigenvalue weighted by atomic mass is 31.2.